The molecule has 1 N–H and O–H groups in total. The minimum Gasteiger partial charge on any atom is -0.481 e. The number of rotatable bonds is 3. The van der Waals surface area contributed by atoms with Crippen LogP contribution in [0.4, 0.5) is 0 Å². The lowest BCUT2D eigenvalue weighted by Gasteiger charge is -2.39. The van der Waals surface area contributed by atoms with E-state index in [1.54, 1.807) is 13.8 Å². The van der Waals surface area contributed by atoms with E-state index < -0.39 is 21.4 Å². The Hall–Kier alpha value is -1.45. The molecular weight excluding hydrogens is 322 g/mol. The van der Waals surface area contributed by atoms with Gasteiger partial charge in [0.05, 0.1) is 5.41 Å². The fourth-order valence-electron chi connectivity index (χ4n) is 3.88. The van der Waals surface area contributed by atoms with Crippen LogP contribution >= 0.6 is 0 Å². The van der Waals surface area contributed by atoms with Crippen LogP contribution in [0, 0.1) is 25.2 Å². The third-order valence-electron chi connectivity index (χ3n) is 5.07. The van der Waals surface area contributed by atoms with E-state index >= 15 is 0 Å². The van der Waals surface area contributed by atoms with Gasteiger partial charge in [-0.05, 0) is 39.8 Å². The van der Waals surface area contributed by atoms with Crippen molar-refractivity contribution in [1.29, 1.82) is 0 Å². The first kappa shape index (κ1) is 16.4. The van der Waals surface area contributed by atoms with Crippen molar-refractivity contribution in [2.45, 2.75) is 25.2 Å². The molecule has 2 saturated heterocycles. The molecule has 2 atom stereocenters. The summed E-state index contributed by atoms with van der Waals surface area (Å²) >= 11 is 0. The molecule has 0 unspecified atom stereocenters. The number of aryl methyl sites for hydroxylation is 2. The van der Waals surface area contributed by atoms with Gasteiger partial charge in [0.15, 0.2) is 5.76 Å². The zero-order valence-electron chi connectivity index (χ0n) is 13.4. The Morgan fingerprint density at radius 2 is 2.09 bits per heavy atom. The van der Waals surface area contributed by atoms with Gasteiger partial charge in [-0.15, -0.1) is 0 Å². The Labute approximate surface area is 135 Å². The van der Waals surface area contributed by atoms with Crippen LogP contribution in [0.15, 0.2) is 9.42 Å². The number of sulfonamides is 1. The first-order valence-corrected chi connectivity index (χ1v) is 8.97. The Kier molecular flexibility index (Phi) is 3.77. The summed E-state index contributed by atoms with van der Waals surface area (Å²) in [6, 6.07) is 0. The number of aromatic nitrogens is 1. The molecule has 8 nitrogen and oxygen atoms in total. The van der Waals surface area contributed by atoms with Crippen molar-refractivity contribution < 1.29 is 22.8 Å². The second kappa shape index (κ2) is 5.29. The molecular formula is C14H21N3O5S. The lowest BCUT2D eigenvalue weighted by Crippen LogP contribution is -2.52. The number of carboxylic acid groups (broad SMARTS) is 1. The lowest BCUT2D eigenvalue weighted by atomic mass is 9.73. The van der Waals surface area contributed by atoms with E-state index in [2.05, 4.69) is 5.16 Å². The summed E-state index contributed by atoms with van der Waals surface area (Å²) in [6.45, 7) is 4.49. The van der Waals surface area contributed by atoms with Gasteiger partial charge in [0.2, 0.25) is 10.0 Å². The van der Waals surface area contributed by atoms with Crippen LogP contribution < -0.4 is 0 Å². The summed E-state index contributed by atoms with van der Waals surface area (Å²) in [5.74, 6) is -0.865. The standard InChI is InChI=1S/C14H21N3O5S/c1-9-12(10(2)22-15-9)23(20,21)17-6-11-4-5-16(3)7-14(11,8-17)13(18)19/h11H,4-8H2,1-3H3,(H,18,19)/t11-,14-/m1/s1. The third-order valence-corrected chi connectivity index (χ3v) is 7.12. The van der Waals surface area contributed by atoms with Gasteiger partial charge in [0.25, 0.3) is 0 Å². The number of fused-ring (bicyclic) bond motifs is 1. The van der Waals surface area contributed by atoms with Gasteiger partial charge in [-0.1, -0.05) is 5.16 Å². The molecule has 0 saturated carbocycles. The molecule has 2 aliphatic heterocycles. The molecule has 23 heavy (non-hydrogen) atoms. The monoisotopic (exact) mass is 343 g/mol. The van der Waals surface area contributed by atoms with Crippen LogP contribution in [-0.2, 0) is 14.8 Å². The van der Waals surface area contributed by atoms with Gasteiger partial charge in [0.1, 0.15) is 10.6 Å². The molecule has 0 spiro atoms. The molecule has 1 aromatic heterocycles. The minimum atomic E-state index is -3.81. The van der Waals surface area contributed by atoms with Crippen LogP contribution in [0.1, 0.15) is 17.9 Å². The number of carboxylic acids is 1. The zero-order valence-corrected chi connectivity index (χ0v) is 14.3. The van der Waals surface area contributed by atoms with Gasteiger partial charge in [0, 0.05) is 19.6 Å². The highest BCUT2D eigenvalue weighted by molar-refractivity contribution is 7.89. The van der Waals surface area contributed by atoms with E-state index in [0.717, 1.165) is 6.54 Å². The third kappa shape index (κ3) is 2.38. The topological polar surface area (TPSA) is 104 Å². The maximum Gasteiger partial charge on any atom is 0.312 e. The molecule has 3 heterocycles. The Bertz CT molecular complexity index is 724. The Morgan fingerprint density at radius 1 is 1.39 bits per heavy atom. The number of aliphatic carboxylic acids is 1. The van der Waals surface area contributed by atoms with Crippen LogP contribution in [-0.4, -0.2) is 67.1 Å². The highest BCUT2D eigenvalue weighted by atomic mass is 32.2. The number of nitrogens with zero attached hydrogens (tertiary/aromatic N) is 3. The van der Waals surface area contributed by atoms with E-state index in [1.807, 2.05) is 11.9 Å². The minimum absolute atomic E-state index is 0.0102. The van der Waals surface area contributed by atoms with E-state index in [-0.39, 0.29) is 29.7 Å². The van der Waals surface area contributed by atoms with Crippen molar-refractivity contribution in [1.82, 2.24) is 14.4 Å². The number of hydrogen-bond acceptors (Lipinski definition) is 6. The van der Waals surface area contributed by atoms with Gasteiger partial charge < -0.3 is 14.5 Å². The highest BCUT2D eigenvalue weighted by Gasteiger charge is 2.57. The molecule has 3 rings (SSSR count). The first-order chi connectivity index (χ1) is 10.7. The second-order valence-electron chi connectivity index (χ2n) is 6.64. The number of likely N-dealkylation sites (tertiary alicyclic amines) is 1. The molecule has 128 valence electrons. The Morgan fingerprint density at radius 3 is 2.65 bits per heavy atom. The summed E-state index contributed by atoms with van der Waals surface area (Å²) in [6.07, 6.45) is 0.677. The van der Waals surface area contributed by atoms with E-state index in [9.17, 15) is 18.3 Å². The Balaban J connectivity index is 1.99. The van der Waals surface area contributed by atoms with Crippen LogP contribution in [0.5, 0.6) is 0 Å². The van der Waals surface area contributed by atoms with E-state index in [1.165, 1.54) is 4.31 Å². The smallest absolute Gasteiger partial charge is 0.312 e. The van der Waals surface area contributed by atoms with Gasteiger partial charge in [-0.2, -0.15) is 4.31 Å². The average Bonchev–Trinajstić information content (AvgIpc) is 3.00. The van der Waals surface area contributed by atoms with Crippen LogP contribution in [0.3, 0.4) is 0 Å². The normalized spacial score (nSPS) is 29.6. The maximum absolute atomic E-state index is 12.9. The summed E-state index contributed by atoms with van der Waals surface area (Å²) < 4.78 is 32.2. The number of carbonyl (C=O) groups is 1. The first-order valence-electron chi connectivity index (χ1n) is 7.53. The van der Waals surface area contributed by atoms with E-state index in [0.29, 0.717) is 18.7 Å². The molecule has 2 fully saturated rings. The lowest BCUT2D eigenvalue weighted by molar-refractivity contribution is -0.153. The maximum atomic E-state index is 12.9. The fraction of sp³-hybridized carbons (Fsp3) is 0.714. The predicted molar refractivity (Wildman–Crippen MR) is 80.4 cm³/mol. The summed E-state index contributed by atoms with van der Waals surface area (Å²) in [7, 11) is -1.94. The largest absolute Gasteiger partial charge is 0.481 e. The predicted octanol–water partition coefficient (Wildman–Crippen LogP) is 0.318. The molecule has 0 aromatic carbocycles. The number of hydrogen-bond donors (Lipinski definition) is 1. The number of piperidine rings is 1. The molecule has 0 aliphatic carbocycles. The van der Waals surface area contributed by atoms with Crippen molar-refractivity contribution in [3.8, 4) is 0 Å². The molecule has 2 aliphatic rings. The van der Waals surface area contributed by atoms with Gasteiger partial charge in [-0.3, -0.25) is 4.79 Å². The van der Waals surface area contributed by atoms with Crippen molar-refractivity contribution in [2.24, 2.45) is 11.3 Å². The molecule has 0 amide bonds. The quantitative estimate of drug-likeness (QED) is 0.842. The molecule has 0 bridgehead atoms. The SMILES string of the molecule is Cc1noc(C)c1S(=O)(=O)N1C[C@H]2CCN(C)C[C@@]2(C(=O)O)C1. The molecule has 1 aromatic rings. The van der Waals surface area contributed by atoms with Crippen LogP contribution in [0.25, 0.3) is 0 Å². The van der Waals surface area contributed by atoms with Crippen molar-refractivity contribution in [2.75, 3.05) is 33.2 Å². The summed E-state index contributed by atoms with van der Waals surface area (Å²) in [5, 5.41) is 13.5. The highest BCUT2D eigenvalue weighted by Crippen LogP contribution is 2.44. The van der Waals surface area contributed by atoms with Crippen LogP contribution in [0.2, 0.25) is 0 Å². The summed E-state index contributed by atoms with van der Waals surface area (Å²) in [5.41, 5.74) is -0.738. The second-order valence-corrected chi connectivity index (χ2v) is 8.51. The fourth-order valence-corrected chi connectivity index (χ4v) is 5.72. The molecule has 0 radical (unpaired) electrons. The van der Waals surface area contributed by atoms with Crippen molar-refractivity contribution in [3.63, 3.8) is 0 Å². The van der Waals surface area contributed by atoms with Crippen molar-refractivity contribution in [3.05, 3.63) is 11.5 Å². The zero-order chi connectivity index (χ0) is 17.0. The summed E-state index contributed by atoms with van der Waals surface area (Å²) in [4.78, 5) is 13.9. The van der Waals surface area contributed by atoms with Crippen molar-refractivity contribution >= 4 is 16.0 Å². The van der Waals surface area contributed by atoms with Gasteiger partial charge >= 0.3 is 5.97 Å². The average molecular weight is 343 g/mol. The van der Waals surface area contributed by atoms with Gasteiger partial charge in [-0.25, -0.2) is 8.42 Å². The molecule has 9 heteroatoms. The van der Waals surface area contributed by atoms with E-state index in [4.69, 9.17) is 4.52 Å².